The second-order valence-electron chi connectivity index (χ2n) is 5.74. The predicted molar refractivity (Wildman–Crippen MR) is 79.1 cm³/mol. The predicted octanol–water partition coefficient (Wildman–Crippen LogP) is 3.48. The van der Waals surface area contributed by atoms with Gasteiger partial charge in [-0.25, -0.2) is 0 Å². The topological polar surface area (TPSA) is 29.3 Å². The smallest absolute Gasteiger partial charge is 0.0368 e. The van der Waals surface area contributed by atoms with Gasteiger partial charge in [0.1, 0.15) is 0 Å². The summed E-state index contributed by atoms with van der Waals surface area (Å²) in [5.74, 6) is 0. The van der Waals surface area contributed by atoms with Gasteiger partial charge in [-0.1, -0.05) is 25.0 Å². The Kier molecular flexibility index (Phi) is 4.28. The Morgan fingerprint density at radius 3 is 2.61 bits per heavy atom. The summed E-state index contributed by atoms with van der Waals surface area (Å²) in [6, 6.07) is 8.76. The van der Waals surface area contributed by atoms with Gasteiger partial charge in [0.2, 0.25) is 0 Å². The molecule has 18 heavy (non-hydrogen) atoms. The monoisotopic (exact) mass is 246 g/mol. The minimum Gasteiger partial charge on any atom is -0.372 e. The van der Waals surface area contributed by atoms with Crippen LogP contribution in [0.1, 0.15) is 44.6 Å². The van der Waals surface area contributed by atoms with E-state index in [4.69, 9.17) is 5.73 Å². The molecule has 0 aliphatic heterocycles. The Balaban J connectivity index is 1.97. The molecule has 100 valence electrons. The molecule has 0 radical (unpaired) electrons. The zero-order chi connectivity index (χ0) is 13.0. The Labute approximate surface area is 111 Å². The van der Waals surface area contributed by atoms with Gasteiger partial charge in [0.05, 0.1) is 0 Å². The molecule has 0 bridgehead atoms. The van der Waals surface area contributed by atoms with E-state index in [1.165, 1.54) is 36.9 Å². The maximum Gasteiger partial charge on any atom is 0.0368 e. The molecule has 2 N–H and O–H groups in total. The number of aryl methyl sites for hydroxylation is 1. The van der Waals surface area contributed by atoms with E-state index in [0.717, 1.165) is 19.5 Å². The average Bonchev–Trinajstić information content (AvgIpc) is 2.77. The van der Waals surface area contributed by atoms with Gasteiger partial charge in [-0.05, 0) is 50.8 Å². The molecule has 1 saturated carbocycles. The normalized spacial score (nSPS) is 17.9. The zero-order valence-corrected chi connectivity index (χ0v) is 11.8. The third kappa shape index (κ3) is 3.26. The number of nitrogens with zero attached hydrogens (tertiary/aromatic N) is 1. The van der Waals surface area contributed by atoms with E-state index in [2.05, 4.69) is 43.0 Å². The maximum absolute atomic E-state index is 6.44. The van der Waals surface area contributed by atoms with Crippen molar-refractivity contribution in [1.82, 2.24) is 0 Å². The van der Waals surface area contributed by atoms with Gasteiger partial charge in [0.15, 0.2) is 0 Å². The lowest BCUT2D eigenvalue weighted by Gasteiger charge is -2.30. The molecule has 1 fully saturated rings. The standard InChI is InChI=1S/C16H26N2/c1-3-18(15-8-6-7-14(2)13-15)12-11-16(17)9-4-5-10-16/h6-8,13H,3-5,9-12,17H2,1-2H3. The lowest BCUT2D eigenvalue weighted by atomic mass is 9.94. The fourth-order valence-electron chi connectivity index (χ4n) is 2.98. The molecule has 2 rings (SSSR count). The van der Waals surface area contributed by atoms with Gasteiger partial charge in [0, 0.05) is 24.3 Å². The highest BCUT2D eigenvalue weighted by atomic mass is 15.1. The summed E-state index contributed by atoms with van der Waals surface area (Å²) in [6.07, 6.45) is 6.16. The van der Waals surface area contributed by atoms with Gasteiger partial charge in [0.25, 0.3) is 0 Å². The van der Waals surface area contributed by atoms with Crippen LogP contribution in [0.4, 0.5) is 5.69 Å². The molecule has 1 aromatic rings. The fraction of sp³-hybridized carbons (Fsp3) is 0.625. The van der Waals surface area contributed by atoms with E-state index >= 15 is 0 Å². The van der Waals surface area contributed by atoms with Crippen molar-refractivity contribution >= 4 is 5.69 Å². The molecule has 0 atom stereocenters. The number of hydrogen-bond acceptors (Lipinski definition) is 2. The molecule has 1 aromatic carbocycles. The van der Waals surface area contributed by atoms with Gasteiger partial charge in [-0.3, -0.25) is 0 Å². The van der Waals surface area contributed by atoms with Crippen molar-refractivity contribution in [1.29, 1.82) is 0 Å². The highest BCUT2D eigenvalue weighted by Gasteiger charge is 2.29. The molecule has 0 unspecified atom stereocenters. The van der Waals surface area contributed by atoms with Crippen LogP contribution in [0, 0.1) is 6.92 Å². The van der Waals surface area contributed by atoms with Gasteiger partial charge in [-0.15, -0.1) is 0 Å². The maximum atomic E-state index is 6.44. The third-order valence-corrected chi connectivity index (χ3v) is 4.23. The highest BCUT2D eigenvalue weighted by molar-refractivity contribution is 5.48. The lowest BCUT2D eigenvalue weighted by Crippen LogP contribution is -2.40. The minimum absolute atomic E-state index is 0.108. The van der Waals surface area contributed by atoms with E-state index in [0.29, 0.717) is 0 Å². The third-order valence-electron chi connectivity index (χ3n) is 4.23. The summed E-state index contributed by atoms with van der Waals surface area (Å²) in [6.45, 7) is 6.51. The molecule has 0 amide bonds. The Morgan fingerprint density at radius 2 is 2.00 bits per heavy atom. The molecule has 0 heterocycles. The summed E-state index contributed by atoms with van der Waals surface area (Å²) in [4.78, 5) is 2.44. The Hall–Kier alpha value is -1.02. The van der Waals surface area contributed by atoms with Crippen LogP contribution < -0.4 is 10.6 Å². The number of anilines is 1. The van der Waals surface area contributed by atoms with Crippen LogP contribution in [0.3, 0.4) is 0 Å². The molecular weight excluding hydrogens is 220 g/mol. The number of benzene rings is 1. The van der Waals surface area contributed by atoms with Crippen molar-refractivity contribution in [3.8, 4) is 0 Å². The second kappa shape index (κ2) is 5.75. The van der Waals surface area contributed by atoms with Crippen molar-refractivity contribution in [3.05, 3.63) is 29.8 Å². The Morgan fingerprint density at radius 1 is 1.28 bits per heavy atom. The first-order chi connectivity index (χ1) is 8.63. The zero-order valence-electron chi connectivity index (χ0n) is 11.8. The minimum atomic E-state index is 0.108. The molecule has 1 aliphatic rings. The lowest BCUT2D eigenvalue weighted by molar-refractivity contribution is 0.406. The molecule has 1 aliphatic carbocycles. The molecule has 0 aromatic heterocycles. The van der Waals surface area contributed by atoms with Crippen LogP contribution in [0.25, 0.3) is 0 Å². The largest absolute Gasteiger partial charge is 0.372 e. The molecular formula is C16H26N2. The van der Waals surface area contributed by atoms with Crippen LogP contribution in [-0.2, 0) is 0 Å². The highest BCUT2D eigenvalue weighted by Crippen LogP contribution is 2.30. The van der Waals surface area contributed by atoms with E-state index in [1.54, 1.807) is 0 Å². The van der Waals surface area contributed by atoms with E-state index in [1.807, 2.05) is 0 Å². The van der Waals surface area contributed by atoms with Crippen LogP contribution in [0.5, 0.6) is 0 Å². The van der Waals surface area contributed by atoms with E-state index < -0.39 is 0 Å². The quantitative estimate of drug-likeness (QED) is 0.862. The summed E-state index contributed by atoms with van der Waals surface area (Å²) >= 11 is 0. The van der Waals surface area contributed by atoms with Crippen LogP contribution in [-0.4, -0.2) is 18.6 Å². The van der Waals surface area contributed by atoms with Crippen LogP contribution >= 0.6 is 0 Å². The summed E-state index contributed by atoms with van der Waals surface area (Å²) in [5, 5.41) is 0. The van der Waals surface area contributed by atoms with Gasteiger partial charge >= 0.3 is 0 Å². The fourth-order valence-corrected chi connectivity index (χ4v) is 2.98. The Bertz CT molecular complexity index is 380. The van der Waals surface area contributed by atoms with E-state index in [9.17, 15) is 0 Å². The number of hydrogen-bond donors (Lipinski definition) is 1. The van der Waals surface area contributed by atoms with E-state index in [-0.39, 0.29) is 5.54 Å². The van der Waals surface area contributed by atoms with Crippen molar-refractivity contribution < 1.29 is 0 Å². The van der Waals surface area contributed by atoms with Gasteiger partial charge < -0.3 is 10.6 Å². The number of nitrogens with two attached hydrogens (primary N) is 1. The van der Waals surface area contributed by atoms with Crippen LogP contribution in [0.15, 0.2) is 24.3 Å². The molecule has 2 heteroatoms. The molecule has 2 nitrogen and oxygen atoms in total. The number of rotatable bonds is 5. The van der Waals surface area contributed by atoms with Crippen molar-refractivity contribution in [2.45, 2.75) is 51.5 Å². The first-order valence-electron chi connectivity index (χ1n) is 7.23. The summed E-state index contributed by atoms with van der Waals surface area (Å²) in [7, 11) is 0. The van der Waals surface area contributed by atoms with Crippen molar-refractivity contribution in [3.63, 3.8) is 0 Å². The average molecular weight is 246 g/mol. The van der Waals surface area contributed by atoms with Crippen molar-refractivity contribution in [2.24, 2.45) is 5.73 Å². The second-order valence-corrected chi connectivity index (χ2v) is 5.74. The first kappa shape index (κ1) is 13.4. The summed E-state index contributed by atoms with van der Waals surface area (Å²) in [5.41, 5.74) is 9.21. The van der Waals surface area contributed by atoms with Crippen LogP contribution in [0.2, 0.25) is 0 Å². The van der Waals surface area contributed by atoms with Crippen molar-refractivity contribution in [2.75, 3.05) is 18.0 Å². The molecule has 0 saturated heterocycles. The SMILES string of the molecule is CCN(CCC1(N)CCCC1)c1cccc(C)c1. The summed E-state index contributed by atoms with van der Waals surface area (Å²) < 4.78 is 0. The first-order valence-corrected chi connectivity index (χ1v) is 7.23. The van der Waals surface area contributed by atoms with Gasteiger partial charge in [-0.2, -0.15) is 0 Å². The molecule has 0 spiro atoms.